The highest BCUT2D eigenvalue weighted by molar-refractivity contribution is 6.32. The van der Waals surface area contributed by atoms with Gasteiger partial charge in [0.25, 0.3) is 5.91 Å². The van der Waals surface area contributed by atoms with E-state index in [1.54, 1.807) is 36.4 Å². The summed E-state index contributed by atoms with van der Waals surface area (Å²) in [4.78, 5) is 12.5. The Kier molecular flexibility index (Phi) is 5.01. The Hall–Kier alpha value is -2.77. The number of amides is 1. The van der Waals surface area contributed by atoms with E-state index in [2.05, 4.69) is 15.6 Å². The molecule has 0 fully saturated rings. The quantitative estimate of drug-likeness (QED) is 0.706. The number of methoxy groups -OCH3 is 1. The van der Waals surface area contributed by atoms with Crippen molar-refractivity contribution in [1.29, 1.82) is 0 Å². The fourth-order valence-electron chi connectivity index (χ4n) is 2.34. The number of ether oxygens (including phenoxy) is 1. The average Bonchev–Trinajstić information content (AvgIpc) is 2.99. The number of rotatable bonds is 4. The van der Waals surface area contributed by atoms with Crippen molar-refractivity contribution in [2.45, 2.75) is 6.92 Å². The van der Waals surface area contributed by atoms with E-state index < -0.39 is 5.91 Å². The number of aromatic nitrogens is 3. The number of halogens is 2. The number of hydrogen-bond acceptors (Lipinski definition) is 5. The maximum Gasteiger partial charge on any atom is 0.280 e. The highest BCUT2D eigenvalue weighted by Gasteiger charge is 2.19. The van der Waals surface area contributed by atoms with Gasteiger partial charge < -0.3 is 15.8 Å². The molecule has 1 heterocycles. The molecule has 26 heavy (non-hydrogen) atoms. The van der Waals surface area contributed by atoms with Gasteiger partial charge in [0.1, 0.15) is 5.75 Å². The standard InChI is InChI=1S/C17H15Cl2N5O2/c1-9-3-4-10(18)7-13(9)21-17(25)15-16(20)24(23-22-15)11-5-6-14(26-2)12(19)8-11/h3-8H,20H2,1-2H3,(H,21,25). The minimum Gasteiger partial charge on any atom is -0.495 e. The smallest absolute Gasteiger partial charge is 0.280 e. The van der Waals surface area contributed by atoms with E-state index >= 15 is 0 Å². The van der Waals surface area contributed by atoms with Gasteiger partial charge in [0.05, 0.1) is 17.8 Å². The van der Waals surface area contributed by atoms with Gasteiger partial charge >= 0.3 is 0 Å². The maximum absolute atomic E-state index is 12.5. The highest BCUT2D eigenvalue weighted by Crippen LogP contribution is 2.28. The normalized spacial score (nSPS) is 10.6. The van der Waals surface area contributed by atoms with Crippen LogP contribution in [0.25, 0.3) is 5.69 Å². The first-order valence-corrected chi connectivity index (χ1v) is 8.29. The molecule has 1 amide bonds. The van der Waals surface area contributed by atoms with Crippen molar-refractivity contribution < 1.29 is 9.53 Å². The van der Waals surface area contributed by atoms with Crippen LogP contribution < -0.4 is 15.8 Å². The number of nitrogens with two attached hydrogens (primary N) is 1. The van der Waals surface area contributed by atoms with Crippen LogP contribution in [0.15, 0.2) is 36.4 Å². The van der Waals surface area contributed by atoms with E-state index in [0.29, 0.717) is 27.2 Å². The molecule has 0 unspecified atom stereocenters. The van der Waals surface area contributed by atoms with Gasteiger partial charge in [-0.15, -0.1) is 5.10 Å². The summed E-state index contributed by atoms with van der Waals surface area (Å²) in [6.45, 7) is 1.85. The van der Waals surface area contributed by atoms with E-state index in [4.69, 9.17) is 33.7 Å². The minimum atomic E-state index is -0.487. The predicted molar refractivity (Wildman–Crippen MR) is 101 cm³/mol. The van der Waals surface area contributed by atoms with Gasteiger partial charge in [-0.2, -0.15) is 4.68 Å². The van der Waals surface area contributed by atoms with Crippen molar-refractivity contribution in [3.05, 3.63) is 57.7 Å². The monoisotopic (exact) mass is 391 g/mol. The van der Waals surface area contributed by atoms with Gasteiger partial charge in [0.15, 0.2) is 11.5 Å². The molecule has 3 aromatic rings. The first-order valence-electron chi connectivity index (χ1n) is 7.53. The van der Waals surface area contributed by atoms with E-state index in [0.717, 1.165) is 5.56 Å². The topological polar surface area (TPSA) is 95.1 Å². The Bertz CT molecular complexity index is 987. The van der Waals surface area contributed by atoms with Crippen molar-refractivity contribution in [3.8, 4) is 11.4 Å². The van der Waals surface area contributed by atoms with Crippen molar-refractivity contribution in [3.63, 3.8) is 0 Å². The summed E-state index contributed by atoms with van der Waals surface area (Å²) in [6, 6.07) is 10.2. The van der Waals surface area contributed by atoms with Crippen LogP contribution in [0.4, 0.5) is 11.5 Å². The molecule has 9 heteroatoms. The van der Waals surface area contributed by atoms with Crippen molar-refractivity contribution in [1.82, 2.24) is 15.0 Å². The first-order chi connectivity index (χ1) is 12.4. The molecule has 0 spiro atoms. The lowest BCUT2D eigenvalue weighted by molar-refractivity contribution is 0.102. The molecule has 3 rings (SSSR count). The van der Waals surface area contributed by atoms with Crippen LogP contribution in [0, 0.1) is 6.92 Å². The second-order valence-corrected chi connectivity index (χ2v) is 6.31. The van der Waals surface area contributed by atoms with Gasteiger partial charge in [-0.3, -0.25) is 4.79 Å². The minimum absolute atomic E-state index is 0.00341. The number of benzene rings is 2. The van der Waals surface area contributed by atoms with Gasteiger partial charge in [0.2, 0.25) is 0 Å². The summed E-state index contributed by atoms with van der Waals surface area (Å²) in [5.74, 6) is 0.116. The lowest BCUT2D eigenvalue weighted by Gasteiger charge is -2.08. The van der Waals surface area contributed by atoms with E-state index in [-0.39, 0.29) is 11.5 Å². The Morgan fingerprint density at radius 2 is 2.00 bits per heavy atom. The zero-order chi connectivity index (χ0) is 18.8. The van der Waals surface area contributed by atoms with Gasteiger partial charge in [-0.25, -0.2) is 0 Å². The average molecular weight is 392 g/mol. The summed E-state index contributed by atoms with van der Waals surface area (Å²) < 4.78 is 6.44. The molecule has 0 aliphatic rings. The number of carbonyl (C=O) groups excluding carboxylic acids is 1. The summed E-state index contributed by atoms with van der Waals surface area (Å²) in [5, 5.41) is 11.5. The summed E-state index contributed by atoms with van der Waals surface area (Å²) in [6.07, 6.45) is 0. The molecule has 0 bridgehead atoms. The third kappa shape index (κ3) is 3.44. The van der Waals surface area contributed by atoms with Gasteiger partial charge in [-0.05, 0) is 42.8 Å². The van der Waals surface area contributed by atoms with Crippen LogP contribution in [-0.2, 0) is 0 Å². The van der Waals surface area contributed by atoms with Crippen LogP contribution in [0.3, 0.4) is 0 Å². The molecule has 7 nitrogen and oxygen atoms in total. The molecule has 0 atom stereocenters. The third-order valence-electron chi connectivity index (χ3n) is 3.75. The molecule has 0 aliphatic carbocycles. The second-order valence-electron chi connectivity index (χ2n) is 5.47. The Labute approximate surface area is 159 Å². The van der Waals surface area contributed by atoms with Crippen LogP contribution in [0.5, 0.6) is 5.75 Å². The largest absolute Gasteiger partial charge is 0.495 e. The van der Waals surface area contributed by atoms with Crippen molar-refractivity contribution >= 4 is 40.6 Å². The van der Waals surface area contributed by atoms with Crippen LogP contribution in [-0.4, -0.2) is 28.0 Å². The number of nitrogen functional groups attached to an aromatic ring is 1. The van der Waals surface area contributed by atoms with E-state index in [1.807, 2.05) is 6.92 Å². The Morgan fingerprint density at radius 3 is 2.69 bits per heavy atom. The molecular weight excluding hydrogens is 377 g/mol. The lowest BCUT2D eigenvalue weighted by atomic mass is 10.2. The summed E-state index contributed by atoms with van der Waals surface area (Å²) in [7, 11) is 1.52. The molecule has 1 aromatic heterocycles. The molecule has 134 valence electrons. The second kappa shape index (κ2) is 7.23. The number of anilines is 2. The molecule has 2 aromatic carbocycles. The molecule has 0 radical (unpaired) electrons. The number of aryl methyl sites for hydroxylation is 1. The molecule has 3 N–H and O–H groups in total. The first kappa shape index (κ1) is 18.0. The maximum atomic E-state index is 12.5. The van der Waals surface area contributed by atoms with Crippen LogP contribution >= 0.6 is 23.2 Å². The van der Waals surface area contributed by atoms with Gasteiger partial charge in [-0.1, -0.05) is 34.5 Å². The molecular formula is C17H15Cl2N5O2. The number of nitrogens with one attached hydrogen (secondary N) is 1. The highest BCUT2D eigenvalue weighted by atomic mass is 35.5. The lowest BCUT2D eigenvalue weighted by Crippen LogP contribution is -2.15. The molecule has 0 saturated carbocycles. The molecule has 0 saturated heterocycles. The fraction of sp³-hybridized carbons (Fsp3) is 0.118. The predicted octanol–water partition coefficient (Wildman–Crippen LogP) is 3.73. The van der Waals surface area contributed by atoms with Crippen molar-refractivity contribution in [2.24, 2.45) is 0 Å². The zero-order valence-electron chi connectivity index (χ0n) is 14.0. The SMILES string of the molecule is COc1ccc(-n2nnc(C(=O)Nc3cc(Cl)ccc3C)c2N)cc1Cl. The van der Waals surface area contributed by atoms with E-state index in [9.17, 15) is 4.79 Å². The van der Waals surface area contributed by atoms with Gasteiger partial charge in [0, 0.05) is 10.7 Å². The Morgan fingerprint density at radius 1 is 1.23 bits per heavy atom. The third-order valence-corrected chi connectivity index (χ3v) is 4.28. The number of nitrogens with zero attached hydrogens (tertiary/aromatic N) is 3. The summed E-state index contributed by atoms with van der Waals surface area (Å²) in [5.41, 5.74) is 8.04. The molecule has 0 aliphatic heterocycles. The van der Waals surface area contributed by atoms with E-state index in [1.165, 1.54) is 11.8 Å². The van der Waals surface area contributed by atoms with Crippen LogP contribution in [0.2, 0.25) is 10.0 Å². The summed E-state index contributed by atoms with van der Waals surface area (Å²) >= 11 is 12.1. The van der Waals surface area contributed by atoms with Crippen molar-refractivity contribution in [2.75, 3.05) is 18.2 Å². The van der Waals surface area contributed by atoms with Crippen LogP contribution in [0.1, 0.15) is 16.1 Å². The number of hydrogen-bond donors (Lipinski definition) is 2. The Balaban J connectivity index is 1.90. The zero-order valence-corrected chi connectivity index (χ0v) is 15.5. The number of carbonyl (C=O) groups is 1. The fourth-order valence-corrected chi connectivity index (χ4v) is 2.76.